The largest absolute Gasteiger partial charge is 0.465 e. The molecule has 1 saturated carbocycles. The third-order valence-electron chi connectivity index (χ3n) is 4.50. The van der Waals surface area contributed by atoms with Crippen LogP contribution in [0.1, 0.15) is 53.9 Å². The third-order valence-corrected chi connectivity index (χ3v) is 4.50. The molecule has 5 atom stereocenters. The van der Waals surface area contributed by atoms with Crippen molar-refractivity contribution in [2.75, 3.05) is 6.61 Å². The predicted octanol–water partition coefficient (Wildman–Crippen LogP) is 1.73. The third kappa shape index (κ3) is 5.67. The van der Waals surface area contributed by atoms with Crippen LogP contribution in [0, 0.1) is 5.92 Å². The molecule has 0 N–H and O–H groups in total. The summed E-state index contributed by atoms with van der Waals surface area (Å²) in [7, 11) is 0. The van der Waals surface area contributed by atoms with E-state index in [0.717, 1.165) is 0 Å². The van der Waals surface area contributed by atoms with E-state index in [1.54, 1.807) is 13.8 Å². The minimum absolute atomic E-state index is 0.162. The first kappa shape index (κ1) is 20.6. The smallest absolute Gasteiger partial charge is 0.302 e. The fraction of sp³-hybridized carbons (Fsp3) is 0.833. The molecule has 0 radical (unpaired) electrons. The van der Waals surface area contributed by atoms with Crippen molar-refractivity contribution in [3.8, 4) is 0 Å². The van der Waals surface area contributed by atoms with Gasteiger partial charge in [0.05, 0.1) is 12.7 Å². The van der Waals surface area contributed by atoms with E-state index in [1.165, 1.54) is 20.8 Å². The molecule has 8 nitrogen and oxygen atoms in total. The van der Waals surface area contributed by atoms with E-state index in [4.69, 9.17) is 23.7 Å². The maximum absolute atomic E-state index is 11.6. The van der Waals surface area contributed by atoms with E-state index < -0.39 is 42.1 Å². The molecule has 2 rings (SSSR count). The topological polar surface area (TPSA) is 97.4 Å². The number of hydrogen-bond donors (Lipinski definition) is 0. The number of carbonyl (C=O) groups excluding carboxylic acids is 3. The normalized spacial score (nSPS) is 33.3. The first-order valence-corrected chi connectivity index (χ1v) is 8.91. The Kier molecular flexibility index (Phi) is 6.63. The van der Waals surface area contributed by atoms with E-state index in [2.05, 4.69) is 0 Å². The van der Waals surface area contributed by atoms with Gasteiger partial charge in [0.1, 0.15) is 18.3 Å². The number of fused-ring (bicyclic) bond motifs is 1. The first-order chi connectivity index (χ1) is 12.1. The van der Waals surface area contributed by atoms with Gasteiger partial charge < -0.3 is 23.7 Å². The van der Waals surface area contributed by atoms with Gasteiger partial charge in [0.25, 0.3) is 0 Å². The zero-order valence-electron chi connectivity index (χ0n) is 16.0. The van der Waals surface area contributed by atoms with Gasteiger partial charge in [-0.3, -0.25) is 14.4 Å². The van der Waals surface area contributed by atoms with Crippen LogP contribution in [0.4, 0.5) is 0 Å². The molecule has 0 bridgehead atoms. The minimum atomic E-state index is -0.858. The second-order valence-electron chi connectivity index (χ2n) is 7.32. The highest BCUT2D eigenvalue weighted by molar-refractivity contribution is 5.67. The number of hydrogen-bond acceptors (Lipinski definition) is 8. The molecule has 2 fully saturated rings. The molecular formula is C18H28O8. The fourth-order valence-electron chi connectivity index (χ4n) is 3.62. The molecule has 0 unspecified atom stereocenters. The molecule has 1 heterocycles. The fourth-order valence-corrected chi connectivity index (χ4v) is 3.62. The Labute approximate surface area is 153 Å². The summed E-state index contributed by atoms with van der Waals surface area (Å²) >= 11 is 0. The molecule has 0 aromatic heterocycles. The molecule has 8 heteroatoms. The zero-order chi connectivity index (χ0) is 19.5. The van der Waals surface area contributed by atoms with Crippen LogP contribution in [0.2, 0.25) is 0 Å². The Morgan fingerprint density at radius 3 is 2.12 bits per heavy atom. The molecule has 2 aliphatic rings. The summed E-state index contributed by atoms with van der Waals surface area (Å²) in [5.41, 5.74) is 0. The van der Waals surface area contributed by atoms with Gasteiger partial charge in [0, 0.05) is 33.1 Å². The van der Waals surface area contributed by atoms with Crippen molar-refractivity contribution in [1.82, 2.24) is 0 Å². The number of carbonyl (C=O) groups is 3. The lowest BCUT2D eigenvalue weighted by molar-refractivity contribution is -0.174. The van der Waals surface area contributed by atoms with Gasteiger partial charge in [-0.1, -0.05) is 0 Å². The highest BCUT2D eigenvalue weighted by atomic mass is 16.8. The van der Waals surface area contributed by atoms with E-state index in [9.17, 15) is 14.4 Å². The van der Waals surface area contributed by atoms with Crippen LogP contribution >= 0.6 is 0 Å². The molecule has 148 valence electrons. The number of esters is 3. The van der Waals surface area contributed by atoms with Crippen LogP contribution in [0.15, 0.2) is 0 Å². The van der Waals surface area contributed by atoms with Gasteiger partial charge in [0.2, 0.25) is 0 Å². The van der Waals surface area contributed by atoms with Crippen molar-refractivity contribution in [3.63, 3.8) is 0 Å². The number of ether oxygens (including phenoxy) is 5. The summed E-state index contributed by atoms with van der Waals surface area (Å²) in [5.74, 6) is -2.24. The first-order valence-electron chi connectivity index (χ1n) is 8.91. The highest BCUT2D eigenvalue weighted by Crippen LogP contribution is 2.39. The maximum atomic E-state index is 11.6. The van der Waals surface area contributed by atoms with Crippen molar-refractivity contribution in [1.29, 1.82) is 0 Å². The number of rotatable bonds is 4. The summed E-state index contributed by atoms with van der Waals surface area (Å²) in [4.78, 5) is 34.2. The predicted molar refractivity (Wildman–Crippen MR) is 88.9 cm³/mol. The standard InChI is InChI=1S/C18H28O8/c1-10(19)22-9-13-6-7-14(23-11(2)20)8-15(24-12(3)21)17-16(13)25-18(4,5)26-17/h13-17H,6-9H2,1-5H3/t13-,14+,15-,16+,17-/m1/s1. The Morgan fingerprint density at radius 1 is 0.923 bits per heavy atom. The van der Waals surface area contributed by atoms with Crippen LogP contribution in [0.3, 0.4) is 0 Å². The molecule has 0 spiro atoms. The van der Waals surface area contributed by atoms with E-state index in [1.807, 2.05) is 0 Å². The molecule has 1 aliphatic carbocycles. The van der Waals surface area contributed by atoms with Gasteiger partial charge in [-0.2, -0.15) is 0 Å². The van der Waals surface area contributed by atoms with Gasteiger partial charge in [-0.25, -0.2) is 0 Å². The maximum Gasteiger partial charge on any atom is 0.302 e. The van der Waals surface area contributed by atoms with E-state index in [0.29, 0.717) is 19.3 Å². The average molecular weight is 372 g/mol. The van der Waals surface area contributed by atoms with E-state index in [-0.39, 0.29) is 18.5 Å². The Balaban J connectivity index is 2.27. The van der Waals surface area contributed by atoms with Crippen molar-refractivity contribution in [2.24, 2.45) is 5.92 Å². The summed E-state index contributed by atoms with van der Waals surface area (Å²) in [6.45, 7) is 7.75. The second kappa shape index (κ2) is 8.35. The molecular weight excluding hydrogens is 344 g/mol. The van der Waals surface area contributed by atoms with Crippen molar-refractivity contribution in [3.05, 3.63) is 0 Å². The molecule has 26 heavy (non-hydrogen) atoms. The molecule has 1 aliphatic heterocycles. The van der Waals surface area contributed by atoms with Crippen molar-refractivity contribution in [2.45, 2.75) is 84.1 Å². The molecule has 0 amide bonds. The van der Waals surface area contributed by atoms with Crippen molar-refractivity contribution < 1.29 is 38.1 Å². The molecule has 1 saturated heterocycles. The lowest BCUT2D eigenvalue weighted by atomic mass is 9.84. The van der Waals surface area contributed by atoms with Gasteiger partial charge >= 0.3 is 17.9 Å². The highest BCUT2D eigenvalue weighted by Gasteiger charge is 2.51. The van der Waals surface area contributed by atoms with Crippen LogP contribution in [0.5, 0.6) is 0 Å². The minimum Gasteiger partial charge on any atom is -0.465 e. The average Bonchev–Trinajstić information content (AvgIpc) is 2.79. The monoisotopic (exact) mass is 372 g/mol. The zero-order valence-corrected chi connectivity index (χ0v) is 16.0. The van der Waals surface area contributed by atoms with Crippen LogP contribution < -0.4 is 0 Å². The van der Waals surface area contributed by atoms with Crippen LogP contribution in [0.25, 0.3) is 0 Å². The Morgan fingerprint density at radius 2 is 1.54 bits per heavy atom. The molecule has 0 aromatic carbocycles. The summed E-state index contributed by atoms with van der Waals surface area (Å²) < 4.78 is 28.1. The SMILES string of the molecule is CC(=O)OC[C@H]1CC[C@H](OC(C)=O)C[C@@H](OC(C)=O)[C@H]2OC(C)(C)O[C@@H]12. The second-order valence-corrected chi connectivity index (χ2v) is 7.32. The van der Waals surface area contributed by atoms with Gasteiger partial charge in [-0.15, -0.1) is 0 Å². The Hall–Kier alpha value is -1.67. The van der Waals surface area contributed by atoms with Gasteiger partial charge in [0.15, 0.2) is 5.79 Å². The van der Waals surface area contributed by atoms with Gasteiger partial charge in [-0.05, 0) is 26.7 Å². The lowest BCUT2D eigenvalue weighted by Crippen LogP contribution is -2.47. The molecule has 0 aromatic rings. The summed E-state index contributed by atoms with van der Waals surface area (Å²) in [6, 6.07) is 0. The van der Waals surface area contributed by atoms with Crippen LogP contribution in [-0.2, 0) is 38.1 Å². The summed E-state index contributed by atoms with van der Waals surface area (Å²) in [5, 5.41) is 0. The van der Waals surface area contributed by atoms with Crippen LogP contribution in [-0.4, -0.2) is 54.7 Å². The Bertz CT molecular complexity index is 543. The van der Waals surface area contributed by atoms with Crippen molar-refractivity contribution >= 4 is 17.9 Å². The quantitative estimate of drug-likeness (QED) is 0.544. The lowest BCUT2D eigenvalue weighted by Gasteiger charge is -2.35. The van der Waals surface area contributed by atoms with E-state index >= 15 is 0 Å². The summed E-state index contributed by atoms with van der Waals surface area (Å²) in [6.07, 6.45) is -0.455.